The molecular weight excluding hydrogens is 887 g/mol. The average Bonchev–Trinajstić information content (AvgIpc) is 3.38. The molecule has 0 aromatic heterocycles. The predicted molar refractivity (Wildman–Crippen MR) is 315 cm³/mol. The highest BCUT2D eigenvalue weighted by Crippen LogP contribution is 2.18. The van der Waals surface area contributed by atoms with Crippen LogP contribution in [0.25, 0.3) is 0 Å². The van der Waals surface area contributed by atoms with Gasteiger partial charge in [0, 0.05) is 12.8 Å². The highest BCUT2D eigenvalue weighted by Gasteiger charge is 2.20. The van der Waals surface area contributed by atoms with Gasteiger partial charge < -0.3 is 20.3 Å². The van der Waals surface area contributed by atoms with Crippen molar-refractivity contribution in [3.05, 3.63) is 48.6 Å². The Balaban J connectivity index is 3.46. The number of ether oxygens (including phenoxy) is 1. The van der Waals surface area contributed by atoms with Crippen LogP contribution in [-0.4, -0.2) is 47.4 Å². The number of allylic oxidation sites excluding steroid dienone is 7. The first kappa shape index (κ1) is 69.8. The Bertz CT molecular complexity index is 1210. The summed E-state index contributed by atoms with van der Waals surface area (Å²) in [6.07, 6.45) is 78.5. The van der Waals surface area contributed by atoms with E-state index in [-0.39, 0.29) is 18.5 Å². The van der Waals surface area contributed by atoms with E-state index < -0.39 is 12.1 Å². The lowest BCUT2D eigenvalue weighted by Gasteiger charge is -2.22. The smallest absolute Gasteiger partial charge is 0.305 e. The third-order valence-electron chi connectivity index (χ3n) is 14.6. The Morgan fingerprint density at radius 1 is 0.389 bits per heavy atom. The van der Waals surface area contributed by atoms with Crippen molar-refractivity contribution < 1.29 is 24.5 Å². The molecule has 1 amide bonds. The van der Waals surface area contributed by atoms with Crippen LogP contribution in [0.2, 0.25) is 0 Å². The Morgan fingerprint density at radius 3 is 1.10 bits per heavy atom. The predicted octanol–water partition coefficient (Wildman–Crippen LogP) is 20.1. The van der Waals surface area contributed by atoms with Crippen LogP contribution < -0.4 is 5.32 Å². The maximum Gasteiger partial charge on any atom is 0.305 e. The van der Waals surface area contributed by atoms with Crippen molar-refractivity contribution in [2.45, 2.75) is 347 Å². The molecule has 0 aliphatic carbocycles. The van der Waals surface area contributed by atoms with E-state index in [2.05, 4.69) is 67.8 Å². The molecule has 0 bridgehead atoms. The highest BCUT2D eigenvalue weighted by atomic mass is 16.5. The maximum atomic E-state index is 12.5. The number of carbonyl (C=O) groups is 2. The van der Waals surface area contributed by atoms with E-state index in [1.807, 2.05) is 0 Å². The molecule has 6 heteroatoms. The van der Waals surface area contributed by atoms with E-state index in [0.717, 1.165) is 64.2 Å². The summed E-state index contributed by atoms with van der Waals surface area (Å²) in [6.45, 7) is 4.81. The normalized spacial score (nSPS) is 12.9. The summed E-state index contributed by atoms with van der Waals surface area (Å²) in [7, 11) is 0. The van der Waals surface area contributed by atoms with Crippen molar-refractivity contribution in [1.29, 1.82) is 0 Å². The van der Waals surface area contributed by atoms with Gasteiger partial charge in [0.15, 0.2) is 0 Å². The van der Waals surface area contributed by atoms with Crippen LogP contribution in [0, 0.1) is 0 Å². The molecule has 6 nitrogen and oxygen atoms in total. The number of hydrogen-bond acceptors (Lipinski definition) is 5. The second-order valence-corrected chi connectivity index (χ2v) is 21.7. The molecule has 0 spiro atoms. The summed E-state index contributed by atoms with van der Waals surface area (Å²) in [4.78, 5) is 24.5. The third kappa shape index (κ3) is 57.1. The topological polar surface area (TPSA) is 95.9 Å². The fourth-order valence-corrected chi connectivity index (χ4v) is 9.73. The van der Waals surface area contributed by atoms with Crippen LogP contribution in [0.4, 0.5) is 0 Å². The third-order valence-corrected chi connectivity index (χ3v) is 14.6. The SMILES string of the molecule is CCCC/C=C\C/C=C\CCCCCCCC(=O)OCC/C=C\C/C=C\CCCCCCCCCCCCCCCCC(=O)NC(CO)C(O)CCCCCCCCCCCCCCCCCCCCCC. The van der Waals surface area contributed by atoms with Crippen molar-refractivity contribution in [2.75, 3.05) is 13.2 Å². The van der Waals surface area contributed by atoms with E-state index in [4.69, 9.17) is 4.74 Å². The largest absolute Gasteiger partial charge is 0.465 e. The molecule has 0 aliphatic rings. The molecular formula is C66H123NO5. The van der Waals surface area contributed by atoms with Gasteiger partial charge in [0.2, 0.25) is 5.91 Å². The first-order valence-corrected chi connectivity index (χ1v) is 31.9. The molecule has 0 aliphatic heterocycles. The summed E-state index contributed by atoms with van der Waals surface area (Å²) in [5.74, 6) is -0.0874. The fraction of sp³-hybridized carbons (Fsp3) is 0.848. The molecule has 0 saturated heterocycles. The van der Waals surface area contributed by atoms with Gasteiger partial charge in [-0.3, -0.25) is 9.59 Å². The standard InChI is InChI=1S/C66H123NO5/c1-3-5-7-9-11-13-15-17-19-20-21-25-28-31-34-38-42-46-50-54-58-64(69)63(62-68)67-65(70)59-55-51-47-43-39-35-32-29-26-23-22-24-27-30-33-37-41-45-49-53-57-61-72-66(71)60-56-52-48-44-40-36-18-16-14-12-10-8-6-4-2/h10,12,16,18,37,41,49,53,63-64,68-69H,3-9,11,13-15,17,19-36,38-40,42-48,50-52,54-62H2,1-2H3,(H,67,70)/b12-10-,18-16-,41-37-,53-49-. The van der Waals surface area contributed by atoms with Crippen LogP contribution in [-0.2, 0) is 14.3 Å². The number of hydrogen-bond donors (Lipinski definition) is 3. The van der Waals surface area contributed by atoms with Crippen molar-refractivity contribution in [3.8, 4) is 0 Å². The Labute approximate surface area is 448 Å². The minimum Gasteiger partial charge on any atom is -0.465 e. The minimum absolute atomic E-state index is 0.0376. The monoisotopic (exact) mass is 1010 g/mol. The van der Waals surface area contributed by atoms with E-state index >= 15 is 0 Å². The van der Waals surface area contributed by atoms with Crippen molar-refractivity contribution in [3.63, 3.8) is 0 Å². The molecule has 0 rings (SSSR count). The number of aliphatic hydroxyl groups excluding tert-OH is 2. The molecule has 2 unspecified atom stereocenters. The Hall–Kier alpha value is -2.18. The lowest BCUT2D eigenvalue weighted by molar-refractivity contribution is -0.143. The van der Waals surface area contributed by atoms with Gasteiger partial charge in [-0.1, -0.05) is 300 Å². The number of amides is 1. The summed E-state index contributed by atoms with van der Waals surface area (Å²) in [5, 5.41) is 23.4. The summed E-state index contributed by atoms with van der Waals surface area (Å²) >= 11 is 0. The van der Waals surface area contributed by atoms with Crippen molar-refractivity contribution in [2.24, 2.45) is 0 Å². The van der Waals surface area contributed by atoms with Crippen molar-refractivity contribution in [1.82, 2.24) is 5.32 Å². The lowest BCUT2D eigenvalue weighted by atomic mass is 10.0. The molecule has 0 aromatic carbocycles. The number of unbranched alkanes of at least 4 members (excludes halogenated alkanes) is 40. The van der Waals surface area contributed by atoms with Crippen LogP contribution in [0.3, 0.4) is 0 Å². The molecule has 72 heavy (non-hydrogen) atoms. The zero-order valence-electron chi connectivity index (χ0n) is 48.2. The highest BCUT2D eigenvalue weighted by molar-refractivity contribution is 5.76. The van der Waals surface area contributed by atoms with Crippen molar-refractivity contribution >= 4 is 11.9 Å². The lowest BCUT2D eigenvalue weighted by Crippen LogP contribution is -2.45. The van der Waals surface area contributed by atoms with E-state index in [9.17, 15) is 19.8 Å². The molecule has 0 heterocycles. The molecule has 0 radical (unpaired) electrons. The molecule has 0 fully saturated rings. The van der Waals surface area contributed by atoms with Gasteiger partial charge in [-0.15, -0.1) is 0 Å². The van der Waals surface area contributed by atoms with E-state index in [1.54, 1.807) is 0 Å². The van der Waals surface area contributed by atoms with E-state index in [1.165, 1.54) is 238 Å². The number of rotatable bonds is 59. The van der Waals surface area contributed by atoms with Gasteiger partial charge in [-0.05, 0) is 70.6 Å². The van der Waals surface area contributed by atoms with Crippen LogP contribution >= 0.6 is 0 Å². The van der Waals surface area contributed by atoms with Crippen LogP contribution in [0.15, 0.2) is 48.6 Å². The molecule has 0 saturated carbocycles. The maximum absolute atomic E-state index is 12.5. The van der Waals surface area contributed by atoms with Crippen LogP contribution in [0.5, 0.6) is 0 Å². The van der Waals surface area contributed by atoms with Gasteiger partial charge in [0.05, 0.1) is 25.4 Å². The number of aliphatic hydroxyl groups is 2. The summed E-state index contributed by atoms with van der Waals surface area (Å²) in [6, 6.07) is -0.547. The number of carbonyl (C=O) groups excluding carboxylic acids is 2. The number of esters is 1. The van der Waals surface area contributed by atoms with Gasteiger partial charge >= 0.3 is 5.97 Å². The van der Waals surface area contributed by atoms with Gasteiger partial charge in [0.25, 0.3) is 0 Å². The first-order valence-electron chi connectivity index (χ1n) is 31.9. The zero-order valence-corrected chi connectivity index (χ0v) is 48.2. The quantitative estimate of drug-likeness (QED) is 0.0320. The summed E-state index contributed by atoms with van der Waals surface area (Å²) in [5.41, 5.74) is 0. The van der Waals surface area contributed by atoms with Gasteiger partial charge in [-0.2, -0.15) is 0 Å². The molecule has 0 aromatic rings. The van der Waals surface area contributed by atoms with E-state index in [0.29, 0.717) is 25.9 Å². The average molecular weight is 1010 g/mol. The minimum atomic E-state index is -0.670. The second kappa shape index (κ2) is 61.4. The Kier molecular flexibility index (Phi) is 59.5. The summed E-state index contributed by atoms with van der Waals surface area (Å²) < 4.78 is 5.41. The second-order valence-electron chi connectivity index (χ2n) is 21.7. The molecule has 2 atom stereocenters. The first-order chi connectivity index (χ1) is 35.5. The van der Waals surface area contributed by atoms with Gasteiger partial charge in [-0.25, -0.2) is 0 Å². The number of nitrogens with one attached hydrogen (secondary N) is 1. The molecule has 3 N–H and O–H groups in total. The van der Waals surface area contributed by atoms with Gasteiger partial charge in [0.1, 0.15) is 0 Å². The Morgan fingerprint density at radius 2 is 0.708 bits per heavy atom. The molecule has 422 valence electrons. The van der Waals surface area contributed by atoms with Crippen LogP contribution in [0.1, 0.15) is 335 Å². The zero-order chi connectivity index (χ0) is 52.2. The fourth-order valence-electron chi connectivity index (χ4n) is 9.73.